The lowest BCUT2D eigenvalue weighted by Crippen LogP contribution is -2.21. The SMILES string of the molecule is FC(F)(F)Oc1ccccc1CNCCCn1cccn1. The quantitative estimate of drug-likeness (QED) is 0.799. The van der Waals surface area contributed by atoms with Gasteiger partial charge in [-0.1, -0.05) is 18.2 Å². The summed E-state index contributed by atoms with van der Waals surface area (Å²) < 4.78 is 42.6. The molecule has 0 spiro atoms. The molecule has 114 valence electrons. The van der Waals surface area contributed by atoms with Crippen LogP contribution < -0.4 is 10.1 Å². The van der Waals surface area contributed by atoms with Crippen molar-refractivity contribution >= 4 is 0 Å². The fourth-order valence-electron chi connectivity index (χ4n) is 1.90. The number of rotatable bonds is 7. The molecule has 0 aliphatic heterocycles. The Labute approximate surface area is 120 Å². The van der Waals surface area contributed by atoms with E-state index >= 15 is 0 Å². The molecule has 2 rings (SSSR count). The van der Waals surface area contributed by atoms with Crippen LogP contribution >= 0.6 is 0 Å². The maximum absolute atomic E-state index is 12.3. The molecule has 21 heavy (non-hydrogen) atoms. The highest BCUT2D eigenvalue weighted by atomic mass is 19.4. The molecule has 0 fully saturated rings. The van der Waals surface area contributed by atoms with Crippen molar-refractivity contribution in [2.75, 3.05) is 6.54 Å². The Hall–Kier alpha value is -2.02. The molecular weight excluding hydrogens is 283 g/mol. The fraction of sp³-hybridized carbons (Fsp3) is 0.357. The van der Waals surface area contributed by atoms with Crippen LogP contribution in [0, 0.1) is 0 Å². The van der Waals surface area contributed by atoms with Crippen LogP contribution in [-0.4, -0.2) is 22.7 Å². The Morgan fingerprint density at radius 3 is 2.71 bits per heavy atom. The van der Waals surface area contributed by atoms with Crippen LogP contribution in [0.5, 0.6) is 5.75 Å². The normalized spacial score (nSPS) is 11.6. The topological polar surface area (TPSA) is 39.1 Å². The van der Waals surface area contributed by atoms with E-state index in [0.717, 1.165) is 13.0 Å². The van der Waals surface area contributed by atoms with Gasteiger partial charge in [-0.25, -0.2) is 0 Å². The molecule has 0 radical (unpaired) electrons. The van der Waals surface area contributed by atoms with E-state index in [0.29, 0.717) is 18.7 Å². The number of aryl methyl sites for hydroxylation is 1. The lowest BCUT2D eigenvalue weighted by atomic mass is 10.2. The first-order valence-electron chi connectivity index (χ1n) is 6.56. The van der Waals surface area contributed by atoms with E-state index in [-0.39, 0.29) is 5.75 Å². The van der Waals surface area contributed by atoms with Crippen molar-refractivity contribution in [3.05, 3.63) is 48.3 Å². The van der Waals surface area contributed by atoms with Crippen LogP contribution in [0.15, 0.2) is 42.7 Å². The minimum Gasteiger partial charge on any atom is -0.405 e. The number of para-hydroxylation sites is 1. The predicted octanol–water partition coefficient (Wildman–Crippen LogP) is 2.96. The molecule has 1 aromatic carbocycles. The largest absolute Gasteiger partial charge is 0.573 e. The van der Waals surface area contributed by atoms with E-state index in [4.69, 9.17) is 0 Å². The highest BCUT2D eigenvalue weighted by Gasteiger charge is 2.31. The first-order chi connectivity index (χ1) is 10.0. The number of hydrogen-bond donors (Lipinski definition) is 1. The number of nitrogens with zero attached hydrogens (tertiary/aromatic N) is 2. The first kappa shape index (κ1) is 15.4. The van der Waals surface area contributed by atoms with Crippen molar-refractivity contribution in [2.45, 2.75) is 25.9 Å². The minimum atomic E-state index is -4.67. The summed E-state index contributed by atoms with van der Waals surface area (Å²) in [7, 11) is 0. The third kappa shape index (κ3) is 5.47. The first-order valence-corrected chi connectivity index (χ1v) is 6.56. The standard InChI is InChI=1S/C14H16F3N3O/c15-14(16,17)21-13-6-2-1-5-12(13)11-18-7-3-9-20-10-4-8-19-20/h1-2,4-6,8,10,18H,3,7,9,11H2. The van der Waals surface area contributed by atoms with Crippen LogP contribution in [0.3, 0.4) is 0 Å². The molecule has 0 aliphatic carbocycles. The van der Waals surface area contributed by atoms with Gasteiger partial charge < -0.3 is 10.1 Å². The molecule has 0 bridgehead atoms. The molecule has 0 aliphatic rings. The molecule has 1 heterocycles. The lowest BCUT2D eigenvalue weighted by molar-refractivity contribution is -0.274. The zero-order valence-corrected chi connectivity index (χ0v) is 11.3. The Morgan fingerprint density at radius 1 is 1.19 bits per heavy atom. The van der Waals surface area contributed by atoms with Gasteiger partial charge in [-0.05, 0) is 25.1 Å². The number of halogens is 3. The summed E-state index contributed by atoms with van der Waals surface area (Å²) in [6, 6.07) is 7.97. The summed E-state index contributed by atoms with van der Waals surface area (Å²) in [4.78, 5) is 0. The van der Waals surface area contributed by atoms with Crippen molar-refractivity contribution in [1.29, 1.82) is 0 Å². The third-order valence-corrected chi connectivity index (χ3v) is 2.81. The number of ether oxygens (including phenoxy) is 1. The smallest absolute Gasteiger partial charge is 0.405 e. The zero-order chi connectivity index (χ0) is 15.1. The van der Waals surface area contributed by atoms with Gasteiger partial charge in [0.05, 0.1) is 0 Å². The second-order valence-electron chi connectivity index (χ2n) is 4.45. The Kier molecular flexibility index (Phi) is 5.21. The van der Waals surface area contributed by atoms with Gasteiger partial charge in [0.25, 0.3) is 0 Å². The van der Waals surface area contributed by atoms with Gasteiger partial charge in [0.2, 0.25) is 0 Å². The maximum Gasteiger partial charge on any atom is 0.573 e. The summed E-state index contributed by atoms with van der Waals surface area (Å²) >= 11 is 0. The molecule has 4 nitrogen and oxygen atoms in total. The lowest BCUT2D eigenvalue weighted by Gasteiger charge is -2.13. The number of hydrogen-bond acceptors (Lipinski definition) is 3. The Bertz CT molecular complexity index is 541. The van der Waals surface area contributed by atoms with Crippen LogP contribution in [0.4, 0.5) is 13.2 Å². The predicted molar refractivity (Wildman–Crippen MR) is 71.7 cm³/mol. The van der Waals surface area contributed by atoms with Crippen LogP contribution in [-0.2, 0) is 13.1 Å². The zero-order valence-electron chi connectivity index (χ0n) is 11.3. The average molecular weight is 299 g/mol. The summed E-state index contributed by atoms with van der Waals surface area (Å²) in [6.45, 7) is 1.77. The van der Waals surface area contributed by atoms with Gasteiger partial charge in [0.15, 0.2) is 0 Å². The van der Waals surface area contributed by atoms with Crippen LogP contribution in [0.2, 0.25) is 0 Å². The van der Waals surface area contributed by atoms with Crippen LogP contribution in [0.25, 0.3) is 0 Å². The second-order valence-corrected chi connectivity index (χ2v) is 4.45. The van der Waals surface area contributed by atoms with E-state index in [1.807, 2.05) is 16.9 Å². The number of nitrogens with one attached hydrogen (secondary N) is 1. The molecular formula is C14H16F3N3O. The summed E-state index contributed by atoms with van der Waals surface area (Å²) in [6.07, 6.45) is -0.259. The molecule has 1 aromatic heterocycles. The molecule has 0 unspecified atom stereocenters. The maximum atomic E-state index is 12.3. The van der Waals surface area contributed by atoms with Crippen molar-refractivity contribution < 1.29 is 17.9 Å². The number of alkyl halides is 3. The summed E-state index contributed by atoms with van der Waals surface area (Å²) in [5.74, 6) is -0.162. The number of benzene rings is 1. The molecule has 0 saturated heterocycles. The highest BCUT2D eigenvalue weighted by Crippen LogP contribution is 2.25. The van der Waals surface area contributed by atoms with E-state index in [2.05, 4.69) is 15.2 Å². The second kappa shape index (κ2) is 7.12. The minimum absolute atomic E-state index is 0.162. The van der Waals surface area contributed by atoms with Gasteiger partial charge >= 0.3 is 6.36 Å². The van der Waals surface area contributed by atoms with E-state index in [9.17, 15) is 13.2 Å². The van der Waals surface area contributed by atoms with Crippen LogP contribution in [0.1, 0.15) is 12.0 Å². The number of aromatic nitrogens is 2. The van der Waals surface area contributed by atoms with E-state index < -0.39 is 6.36 Å². The summed E-state index contributed by atoms with van der Waals surface area (Å²) in [5.41, 5.74) is 0.480. The monoisotopic (exact) mass is 299 g/mol. The average Bonchev–Trinajstić information content (AvgIpc) is 2.91. The van der Waals surface area contributed by atoms with E-state index in [1.54, 1.807) is 18.3 Å². The van der Waals surface area contributed by atoms with E-state index in [1.165, 1.54) is 12.1 Å². The Balaban J connectivity index is 1.77. The molecule has 7 heteroatoms. The molecule has 1 N–H and O–H groups in total. The van der Waals surface area contributed by atoms with Gasteiger partial charge in [0, 0.05) is 31.0 Å². The van der Waals surface area contributed by atoms with Crippen molar-refractivity contribution in [1.82, 2.24) is 15.1 Å². The van der Waals surface area contributed by atoms with Gasteiger partial charge in [-0.3, -0.25) is 4.68 Å². The molecule has 0 atom stereocenters. The van der Waals surface area contributed by atoms with Gasteiger partial charge in [0.1, 0.15) is 5.75 Å². The van der Waals surface area contributed by atoms with Crippen molar-refractivity contribution in [3.63, 3.8) is 0 Å². The highest BCUT2D eigenvalue weighted by molar-refractivity contribution is 5.33. The molecule has 2 aromatic rings. The molecule has 0 saturated carbocycles. The van der Waals surface area contributed by atoms with Gasteiger partial charge in [-0.15, -0.1) is 13.2 Å². The Morgan fingerprint density at radius 2 is 2.00 bits per heavy atom. The van der Waals surface area contributed by atoms with Crippen molar-refractivity contribution in [2.24, 2.45) is 0 Å². The summed E-state index contributed by atoms with van der Waals surface area (Å²) in [5, 5.41) is 7.17. The fourth-order valence-corrected chi connectivity index (χ4v) is 1.90. The van der Waals surface area contributed by atoms with Crippen molar-refractivity contribution in [3.8, 4) is 5.75 Å². The van der Waals surface area contributed by atoms with Gasteiger partial charge in [-0.2, -0.15) is 5.10 Å². The molecule has 0 amide bonds. The third-order valence-electron chi connectivity index (χ3n) is 2.81.